The van der Waals surface area contributed by atoms with Gasteiger partial charge in [0.2, 0.25) is 5.91 Å². The fraction of sp³-hybridized carbons (Fsp3) is 0.350. The fourth-order valence-electron chi connectivity index (χ4n) is 3.53. The van der Waals surface area contributed by atoms with Gasteiger partial charge in [0.25, 0.3) is 5.56 Å². The Hall–Kier alpha value is -3.09. The quantitative estimate of drug-likeness (QED) is 0.870. The van der Waals surface area contributed by atoms with Crippen LogP contribution in [0, 0.1) is 5.92 Å². The molecule has 0 fully saturated rings. The molecule has 7 nitrogen and oxygen atoms in total. The summed E-state index contributed by atoms with van der Waals surface area (Å²) in [5, 5.41) is 2.86. The van der Waals surface area contributed by atoms with E-state index in [1.165, 1.54) is 18.0 Å². The summed E-state index contributed by atoms with van der Waals surface area (Å²) in [4.78, 5) is 40.9. The lowest BCUT2D eigenvalue weighted by Crippen LogP contribution is -2.52. The Morgan fingerprint density at radius 3 is 2.56 bits per heavy atom. The molecule has 1 aromatic heterocycles. The van der Waals surface area contributed by atoms with Crippen LogP contribution in [-0.4, -0.2) is 23.0 Å². The van der Waals surface area contributed by atoms with Crippen LogP contribution < -0.4 is 15.8 Å². The van der Waals surface area contributed by atoms with E-state index in [2.05, 4.69) is 10.3 Å². The summed E-state index contributed by atoms with van der Waals surface area (Å²) in [7, 11) is 0. The number of benzene rings is 1. The molecule has 2 N–H and O–H groups in total. The Bertz CT molecular complexity index is 894. The van der Waals surface area contributed by atoms with Gasteiger partial charge in [-0.25, -0.2) is 4.79 Å². The first-order valence-electron chi connectivity index (χ1n) is 8.88. The largest absolute Gasteiger partial charge is 0.445 e. The molecule has 1 aromatic carbocycles. The lowest BCUT2D eigenvalue weighted by molar-refractivity contribution is -0.117. The van der Waals surface area contributed by atoms with E-state index in [0.717, 1.165) is 5.56 Å². The second-order valence-corrected chi connectivity index (χ2v) is 6.78. The average molecular weight is 369 g/mol. The first-order chi connectivity index (χ1) is 12.9. The molecule has 27 heavy (non-hydrogen) atoms. The van der Waals surface area contributed by atoms with Crippen molar-refractivity contribution in [3.8, 4) is 0 Å². The third-order valence-electron chi connectivity index (χ3n) is 5.06. The van der Waals surface area contributed by atoms with Crippen molar-refractivity contribution in [1.29, 1.82) is 0 Å². The zero-order valence-electron chi connectivity index (χ0n) is 15.6. The second-order valence-electron chi connectivity index (χ2n) is 6.78. The first kappa shape index (κ1) is 18.7. The van der Waals surface area contributed by atoms with Gasteiger partial charge >= 0.3 is 6.09 Å². The molecule has 0 radical (unpaired) electrons. The number of carbonyl (C=O) groups excluding carboxylic acids is 2. The van der Waals surface area contributed by atoms with Gasteiger partial charge in [-0.1, -0.05) is 37.3 Å². The molecule has 1 aliphatic heterocycles. The summed E-state index contributed by atoms with van der Waals surface area (Å²) in [6.45, 7) is 5.39. The van der Waals surface area contributed by atoms with Crippen molar-refractivity contribution in [1.82, 2.24) is 10.3 Å². The van der Waals surface area contributed by atoms with E-state index in [1.54, 1.807) is 6.07 Å². The molecular weight excluding hydrogens is 346 g/mol. The van der Waals surface area contributed by atoms with Gasteiger partial charge in [0.05, 0.1) is 6.04 Å². The molecule has 142 valence electrons. The average Bonchev–Trinajstić information content (AvgIpc) is 2.65. The van der Waals surface area contributed by atoms with E-state index in [1.807, 2.05) is 44.2 Å². The zero-order valence-corrected chi connectivity index (χ0v) is 15.6. The van der Waals surface area contributed by atoms with E-state index < -0.39 is 12.1 Å². The molecule has 2 heterocycles. The maximum absolute atomic E-state index is 12.4. The summed E-state index contributed by atoms with van der Waals surface area (Å²) >= 11 is 0. The monoisotopic (exact) mass is 369 g/mol. The van der Waals surface area contributed by atoms with E-state index in [9.17, 15) is 14.4 Å². The molecule has 3 rings (SSSR count). The van der Waals surface area contributed by atoms with Crippen LogP contribution in [-0.2, 0) is 16.1 Å². The van der Waals surface area contributed by atoms with Crippen molar-refractivity contribution in [2.45, 2.75) is 39.5 Å². The molecule has 3 unspecified atom stereocenters. The molecule has 1 aliphatic rings. The Kier molecular flexibility index (Phi) is 5.30. The predicted octanol–water partition coefficient (Wildman–Crippen LogP) is 2.73. The molecule has 0 aliphatic carbocycles. The smallest absolute Gasteiger partial charge is 0.407 e. The van der Waals surface area contributed by atoms with Gasteiger partial charge in [-0.15, -0.1) is 0 Å². The van der Waals surface area contributed by atoms with Crippen molar-refractivity contribution in [2.75, 3.05) is 4.90 Å². The molecule has 0 saturated heterocycles. The number of aromatic amines is 1. The summed E-state index contributed by atoms with van der Waals surface area (Å²) in [5.41, 5.74) is 1.42. The van der Waals surface area contributed by atoms with Gasteiger partial charge in [0, 0.05) is 30.6 Å². The summed E-state index contributed by atoms with van der Waals surface area (Å²) in [6, 6.07) is 10.4. The number of carbonyl (C=O) groups is 2. The highest BCUT2D eigenvalue weighted by molar-refractivity contribution is 5.93. The molecule has 0 saturated carbocycles. The maximum Gasteiger partial charge on any atom is 0.407 e. The summed E-state index contributed by atoms with van der Waals surface area (Å²) in [5.74, 6) is -0.315. The SMILES string of the molecule is CC(=O)N1c2c(cc[nH]c2=O)C(NC(=O)OCc2ccccc2)C(C)C1C. The Morgan fingerprint density at radius 1 is 1.19 bits per heavy atom. The number of amides is 2. The summed E-state index contributed by atoms with van der Waals surface area (Å²) < 4.78 is 5.32. The zero-order chi connectivity index (χ0) is 19.6. The van der Waals surface area contributed by atoms with E-state index in [4.69, 9.17) is 4.74 Å². The molecule has 3 atom stereocenters. The highest BCUT2D eigenvalue weighted by Gasteiger charge is 2.40. The number of ether oxygens (including phenoxy) is 1. The number of nitrogens with zero attached hydrogens (tertiary/aromatic N) is 1. The molecule has 0 bridgehead atoms. The van der Waals surface area contributed by atoms with E-state index in [0.29, 0.717) is 5.56 Å². The van der Waals surface area contributed by atoms with E-state index in [-0.39, 0.29) is 35.7 Å². The molecule has 0 spiro atoms. The Balaban J connectivity index is 1.83. The van der Waals surface area contributed by atoms with Crippen LogP contribution in [0.3, 0.4) is 0 Å². The van der Waals surface area contributed by atoms with E-state index >= 15 is 0 Å². The van der Waals surface area contributed by atoms with Gasteiger partial charge in [-0.05, 0) is 18.6 Å². The number of fused-ring (bicyclic) bond motifs is 1. The Labute approximate surface area is 157 Å². The molecule has 2 amide bonds. The number of alkyl carbamates (subject to hydrolysis) is 1. The molecular formula is C20H23N3O4. The van der Waals surface area contributed by atoms with Gasteiger partial charge in [0.1, 0.15) is 12.3 Å². The lowest BCUT2D eigenvalue weighted by atomic mass is 9.83. The van der Waals surface area contributed by atoms with Crippen molar-refractivity contribution >= 4 is 17.7 Å². The topological polar surface area (TPSA) is 91.5 Å². The number of rotatable bonds is 3. The lowest BCUT2D eigenvalue weighted by Gasteiger charge is -2.42. The number of pyridine rings is 1. The second kappa shape index (κ2) is 7.65. The first-order valence-corrected chi connectivity index (χ1v) is 8.88. The van der Waals surface area contributed by atoms with Crippen molar-refractivity contribution in [3.05, 3.63) is 64.1 Å². The van der Waals surface area contributed by atoms with Crippen LogP contribution in [0.25, 0.3) is 0 Å². The minimum absolute atomic E-state index is 0.104. The fourth-order valence-corrected chi connectivity index (χ4v) is 3.53. The maximum atomic E-state index is 12.4. The normalized spacial score (nSPS) is 21.3. The number of anilines is 1. The third kappa shape index (κ3) is 3.72. The number of H-pyrrole nitrogens is 1. The number of nitrogens with one attached hydrogen (secondary N) is 2. The standard InChI is InChI=1S/C20H23N3O4/c1-12-13(2)23(14(3)24)18-16(9-10-21-19(18)25)17(12)22-20(26)27-11-15-7-5-4-6-8-15/h4-10,12-13,17H,11H2,1-3H3,(H,21,25)(H,22,26). The number of hydrogen-bond acceptors (Lipinski definition) is 4. The number of aromatic nitrogens is 1. The third-order valence-corrected chi connectivity index (χ3v) is 5.06. The van der Waals surface area contributed by atoms with Crippen molar-refractivity contribution in [2.24, 2.45) is 5.92 Å². The Morgan fingerprint density at radius 2 is 1.89 bits per heavy atom. The molecule has 2 aromatic rings. The van der Waals surface area contributed by atoms with Gasteiger partial charge in [0.15, 0.2) is 0 Å². The van der Waals surface area contributed by atoms with Crippen LogP contribution in [0.4, 0.5) is 10.5 Å². The van der Waals surface area contributed by atoms with Crippen LogP contribution in [0.2, 0.25) is 0 Å². The highest BCUT2D eigenvalue weighted by Crippen LogP contribution is 2.38. The van der Waals surface area contributed by atoms with Crippen molar-refractivity contribution < 1.29 is 14.3 Å². The van der Waals surface area contributed by atoms with Crippen LogP contribution in [0.15, 0.2) is 47.4 Å². The molecule has 7 heteroatoms. The minimum Gasteiger partial charge on any atom is -0.445 e. The predicted molar refractivity (Wildman–Crippen MR) is 101 cm³/mol. The van der Waals surface area contributed by atoms with Crippen LogP contribution >= 0.6 is 0 Å². The van der Waals surface area contributed by atoms with Gasteiger partial charge in [-0.2, -0.15) is 0 Å². The summed E-state index contributed by atoms with van der Waals surface area (Å²) in [6.07, 6.45) is 0.956. The minimum atomic E-state index is -0.564. The van der Waals surface area contributed by atoms with Crippen molar-refractivity contribution in [3.63, 3.8) is 0 Å². The highest BCUT2D eigenvalue weighted by atomic mass is 16.5. The van der Waals surface area contributed by atoms with Gasteiger partial charge in [-0.3, -0.25) is 9.59 Å². The van der Waals surface area contributed by atoms with Crippen LogP contribution in [0.1, 0.15) is 37.9 Å². The number of hydrogen-bond donors (Lipinski definition) is 2. The van der Waals surface area contributed by atoms with Crippen LogP contribution in [0.5, 0.6) is 0 Å². The van der Waals surface area contributed by atoms with Gasteiger partial charge < -0.3 is 19.9 Å².